The van der Waals surface area contributed by atoms with Crippen molar-refractivity contribution in [2.45, 2.75) is 31.5 Å². The maximum Gasteiger partial charge on any atom is 0.401 e. The van der Waals surface area contributed by atoms with Crippen LogP contribution in [0.15, 0.2) is 60.8 Å². The fraction of sp³-hybridized carbons (Fsp3) is 0.321. The minimum Gasteiger partial charge on any atom is -0.457 e. The number of benzene rings is 2. The number of hydrogen-bond donors (Lipinski definition) is 3. The summed E-state index contributed by atoms with van der Waals surface area (Å²) in [4.78, 5) is 21.4. The number of anilines is 3. The van der Waals surface area contributed by atoms with E-state index in [4.69, 9.17) is 9.72 Å². The van der Waals surface area contributed by atoms with Gasteiger partial charge in [0.15, 0.2) is 0 Å². The highest BCUT2D eigenvalue weighted by Crippen LogP contribution is 2.36. The fourth-order valence-electron chi connectivity index (χ4n) is 4.85. The average molecular weight is 555 g/mol. The number of nitrogens with one attached hydrogen (secondary N) is 2. The third-order valence-corrected chi connectivity index (χ3v) is 6.87. The number of nitrogens with zero attached hydrogens (tertiary/aromatic N) is 4. The van der Waals surface area contributed by atoms with E-state index in [0.29, 0.717) is 40.0 Å². The summed E-state index contributed by atoms with van der Waals surface area (Å²) in [5, 5.41) is 17.1. The number of carbonyl (C=O) groups is 1. The van der Waals surface area contributed by atoms with Gasteiger partial charge in [-0.3, -0.25) is 9.69 Å². The minimum atomic E-state index is -4.26. The van der Waals surface area contributed by atoms with Gasteiger partial charge in [-0.2, -0.15) is 13.2 Å². The first kappa shape index (κ1) is 27.4. The Morgan fingerprint density at radius 1 is 1.10 bits per heavy atom. The Labute approximate surface area is 228 Å². The van der Waals surface area contributed by atoms with Crippen LogP contribution in [0.25, 0.3) is 11.0 Å². The van der Waals surface area contributed by atoms with E-state index >= 15 is 0 Å². The predicted molar refractivity (Wildman–Crippen MR) is 145 cm³/mol. The summed E-state index contributed by atoms with van der Waals surface area (Å²) in [6.45, 7) is 0.762. The summed E-state index contributed by atoms with van der Waals surface area (Å²) in [7, 11) is 1.87. The molecule has 0 radical (unpaired) electrons. The van der Waals surface area contributed by atoms with Gasteiger partial charge in [-0.25, -0.2) is 9.97 Å². The van der Waals surface area contributed by atoms with Crippen LogP contribution in [0.2, 0.25) is 0 Å². The zero-order valence-corrected chi connectivity index (χ0v) is 22.0. The van der Waals surface area contributed by atoms with E-state index in [1.165, 1.54) is 11.8 Å². The molecule has 3 heterocycles. The van der Waals surface area contributed by atoms with E-state index < -0.39 is 18.3 Å². The maximum atomic E-state index is 12.8. The van der Waals surface area contributed by atoms with Crippen LogP contribution in [0.1, 0.15) is 25.3 Å². The number of hydrogen-bond acceptors (Lipinski definition) is 7. The largest absolute Gasteiger partial charge is 0.457 e. The highest BCUT2D eigenvalue weighted by atomic mass is 19.4. The molecule has 0 atom stereocenters. The minimum absolute atomic E-state index is 0.164. The molecule has 3 N–H and O–H groups in total. The molecule has 12 heteroatoms. The molecule has 0 spiro atoms. The molecular formula is C28H29F3N6O3. The van der Waals surface area contributed by atoms with Crippen LogP contribution in [-0.4, -0.2) is 56.3 Å². The predicted octanol–water partition coefficient (Wildman–Crippen LogP) is 5.31. The molecule has 1 amide bonds. The van der Waals surface area contributed by atoms with E-state index in [0.717, 1.165) is 5.52 Å². The van der Waals surface area contributed by atoms with Crippen molar-refractivity contribution in [1.29, 1.82) is 0 Å². The van der Waals surface area contributed by atoms with Crippen molar-refractivity contribution < 1.29 is 27.8 Å². The van der Waals surface area contributed by atoms with Crippen LogP contribution in [0.4, 0.5) is 30.6 Å². The quantitative estimate of drug-likeness (QED) is 0.285. The Bertz CT molecular complexity index is 1530. The number of carbonyl (C=O) groups excluding carboxylic acids is 1. The van der Waals surface area contributed by atoms with Gasteiger partial charge in [0.05, 0.1) is 23.2 Å². The number of ether oxygens (including phenoxy) is 1. The number of fused-ring (bicyclic) bond motifs is 1. The Kier molecular flexibility index (Phi) is 7.39. The maximum absolute atomic E-state index is 12.8. The van der Waals surface area contributed by atoms with Gasteiger partial charge >= 0.3 is 6.18 Å². The first-order valence-corrected chi connectivity index (χ1v) is 12.7. The van der Waals surface area contributed by atoms with Crippen LogP contribution in [0, 0.1) is 0 Å². The van der Waals surface area contributed by atoms with Crippen LogP contribution in [-0.2, 0) is 17.4 Å². The number of aryl methyl sites for hydroxylation is 1. The lowest BCUT2D eigenvalue weighted by atomic mass is 9.84. The molecular weight excluding hydrogens is 525 g/mol. The topological polar surface area (TPSA) is 105 Å². The number of aliphatic hydroxyl groups is 1. The molecule has 40 heavy (non-hydrogen) atoms. The summed E-state index contributed by atoms with van der Waals surface area (Å²) in [6, 6.07) is 16.0. The lowest BCUT2D eigenvalue weighted by Crippen LogP contribution is -2.45. The zero-order valence-electron chi connectivity index (χ0n) is 22.0. The van der Waals surface area contributed by atoms with Crippen molar-refractivity contribution in [3.05, 3.63) is 66.4 Å². The van der Waals surface area contributed by atoms with Gasteiger partial charge in [0.2, 0.25) is 11.9 Å². The van der Waals surface area contributed by atoms with Crippen LogP contribution in [0.3, 0.4) is 0 Å². The number of pyridine rings is 1. The van der Waals surface area contributed by atoms with Gasteiger partial charge in [-0.05, 0) is 48.7 Å². The van der Waals surface area contributed by atoms with E-state index in [9.17, 15) is 23.1 Å². The van der Waals surface area contributed by atoms with E-state index in [1.807, 2.05) is 35.9 Å². The molecule has 1 fully saturated rings. The van der Waals surface area contributed by atoms with Crippen molar-refractivity contribution in [2.75, 3.05) is 30.3 Å². The van der Waals surface area contributed by atoms with Crippen LogP contribution < -0.4 is 15.4 Å². The summed E-state index contributed by atoms with van der Waals surface area (Å²) >= 11 is 0. The highest BCUT2D eigenvalue weighted by Gasteiger charge is 2.38. The zero-order chi connectivity index (χ0) is 28.5. The smallest absolute Gasteiger partial charge is 0.401 e. The standard InChI is InChI=1S/C28H29F3N6O3/c1-18(38)33-25-16-22(8-11-32-25)40-21-6-7-24-23(15-21)35-26(36(24)2)34-20-5-3-4-19(14-20)27(39)9-12-37(13-10-27)17-28(29,30)31/h3-8,11,14-16,39H,9-10,12-13,17H2,1-2H3,(H,34,35)(H,32,33,38). The second-order valence-corrected chi connectivity index (χ2v) is 9.93. The number of alkyl halides is 3. The second kappa shape index (κ2) is 10.8. The van der Waals surface area contributed by atoms with Crippen LogP contribution in [0.5, 0.6) is 11.5 Å². The number of amides is 1. The normalized spacial score (nSPS) is 15.7. The molecule has 2 aromatic carbocycles. The van der Waals surface area contributed by atoms with Gasteiger partial charge in [0, 0.05) is 51.1 Å². The third-order valence-electron chi connectivity index (χ3n) is 6.87. The molecule has 1 aliphatic rings. The first-order valence-electron chi connectivity index (χ1n) is 12.7. The summed E-state index contributed by atoms with van der Waals surface area (Å²) < 4.78 is 46.1. The highest BCUT2D eigenvalue weighted by molar-refractivity contribution is 5.87. The van der Waals surface area contributed by atoms with E-state index in [1.54, 1.807) is 36.5 Å². The van der Waals surface area contributed by atoms with Gasteiger partial charge in [0.25, 0.3) is 0 Å². The van der Waals surface area contributed by atoms with Crippen molar-refractivity contribution >= 4 is 34.4 Å². The molecule has 210 valence electrons. The Morgan fingerprint density at radius 2 is 1.85 bits per heavy atom. The fourth-order valence-corrected chi connectivity index (χ4v) is 4.85. The molecule has 1 saturated heterocycles. The van der Waals surface area contributed by atoms with Gasteiger partial charge in [-0.15, -0.1) is 0 Å². The van der Waals surface area contributed by atoms with Gasteiger partial charge < -0.3 is 25.0 Å². The molecule has 0 aliphatic carbocycles. The van der Waals surface area contributed by atoms with E-state index in [2.05, 4.69) is 15.6 Å². The second-order valence-electron chi connectivity index (χ2n) is 9.93. The molecule has 0 bridgehead atoms. The number of piperidine rings is 1. The lowest BCUT2D eigenvalue weighted by Gasteiger charge is -2.38. The summed E-state index contributed by atoms with van der Waals surface area (Å²) in [6.07, 6.45) is -2.29. The van der Waals surface area contributed by atoms with Crippen molar-refractivity contribution in [3.63, 3.8) is 0 Å². The van der Waals surface area contributed by atoms with Crippen molar-refractivity contribution in [1.82, 2.24) is 19.4 Å². The molecule has 0 saturated carbocycles. The number of rotatable bonds is 7. The van der Waals surface area contributed by atoms with Crippen molar-refractivity contribution in [2.24, 2.45) is 7.05 Å². The molecule has 9 nitrogen and oxygen atoms in total. The van der Waals surface area contributed by atoms with E-state index in [-0.39, 0.29) is 31.8 Å². The van der Waals surface area contributed by atoms with Crippen molar-refractivity contribution in [3.8, 4) is 11.5 Å². The SMILES string of the molecule is CC(=O)Nc1cc(Oc2ccc3c(c2)nc(Nc2cccc(C4(O)CCN(CC(F)(F)F)CC4)c2)n3C)ccn1. The number of likely N-dealkylation sites (tertiary alicyclic amines) is 1. The molecule has 4 aromatic rings. The summed E-state index contributed by atoms with van der Waals surface area (Å²) in [5.74, 6) is 1.78. The number of aromatic nitrogens is 3. The molecule has 1 aliphatic heterocycles. The Morgan fingerprint density at radius 3 is 2.58 bits per heavy atom. The van der Waals surface area contributed by atoms with Crippen LogP contribution >= 0.6 is 0 Å². The Hall–Kier alpha value is -4.16. The first-order chi connectivity index (χ1) is 19.0. The van der Waals surface area contributed by atoms with Gasteiger partial charge in [-0.1, -0.05) is 12.1 Å². The van der Waals surface area contributed by atoms with Gasteiger partial charge in [0.1, 0.15) is 17.3 Å². The number of halogens is 3. The monoisotopic (exact) mass is 554 g/mol. The lowest BCUT2D eigenvalue weighted by molar-refractivity contribution is -0.154. The number of imidazole rings is 1. The molecule has 0 unspecified atom stereocenters. The molecule has 2 aromatic heterocycles. The molecule has 5 rings (SSSR count). The average Bonchev–Trinajstić information content (AvgIpc) is 3.19. The summed E-state index contributed by atoms with van der Waals surface area (Å²) in [5.41, 5.74) is 1.68. The Balaban J connectivity index is 1.30. The third kappa shape index (κ3) is 6.35.